The van der Waals surface area contributed by atoms with Crippen LogP contribution in [0.1, 0.15) is 10.4 Å². The lowest BCUT2D eigenvalue weighted by Crippen LogP contribution is -2.54. The van der Waals surface area contributed by atoms with Crippen molar-refractivity contribution in [3.8, 4) is 0 Å². The molecule has 0 saturated heterocycles. The predicted octanol–water partition coefficient (Wildman–Crippen LogP) is -2.14. The fourth-order valence-corrected chi connectivity index (χ4v) is 1.01. The van der Waals surface area contributed by atoms with Gasteiger partial charge < -0.3 is 23.0 Å². The van der Waals surface area contributed by atoms with Crippen LogP contribution in [0.25, 0.3) is 0 Å². The molecule has 9 nitrogen and oxygen atoms in total. The smallest absolute Gasteiger partial charge is 0.271 e. The summed E-state index contributed by atoms with van der Waals surface area (Å²) in [7, 11) is 0. The number of hydrazone groups is 1. The van der Waals surface area contributed by atoms with E-state index in [2.05, 4.69) is 10.5 Å². The summed E-state index contributed by atoms with van der Waals surface area (Å²) in [5, 5.41) is 3.79. The molecule has 1 amide bonds. The number of anilines is 2. The standard InChI is InChI=1S/C8H14N8O/c9-5-2-1-4(3-6(5)10)7(17)15-16(13)8(11)14-12/h1-3H,9-10,12-13H2,(H2,11,14)(H,15,17). The predicted molar refractivity (Wildman–Crippen MR) is 64.6 cm³/mol. The average Bonchev–Trinajstić information content (AvgIpc) is 2.31. The number of amides is 1. The van der Waals surface area contributed by atoms with E-state index in [1.54, 1.807) is 0 Å². The summed E-state index contributed by atoms with van der Waals surface area (Å²) in [6, 6.07) is 4.41. The quantitative estimate of drug-likeness (QED) is 0.106. The minimum absolute atomic E-state index is 0.248. The van der Waals surface area contributed by atoms with E-state index in [9.17, 15) is 4.79 Å². The molecule has 1 aromatic rings. The van der Waals surface area contributed by atoms with Crippen molar-refractivity contribution in [3.63, 3.8) is 0 Å². The molecule has 17 heavy (non-hydrogen) atoms. The fraction of sp³-hybridized carbons (Fsp3) is 0. The van der Waals surface area contributed by atoms with E-state index in [4.69, 9.17) is 28.9 Å². The number of hydrazine groups is 2. The van der Waals surface area contributed by atoms with Crippen LogP contribution in [0.15, 0.2) is 23.3 Å². The van der Waals surface area contributed by atoms with Gasteiger partial charge in [-0.1, -0.05) is 0 Å². The largest absolute Gasteiger partial charge is 0.397 e. The summed E-state index contributed by atoms with van der Waals surface area (Å²) in [6.45, 7) is 0. The third-order valence-corrected chi connectivity index (χ3v) is 1.95. The number of hydrogen-bond acceptors (Lipinski definition) is 6. The second-order valence-corrected chi connectivity index (χ2v) is 3.14. The zero-order chi connectivity index (χ0) is 13.0. The molecule has 1 rings (SSSR count). The Labute approximate surface area is 97.1 Å². The van der Waals surface area contributed by atoms with Crippen LogP contribution in [0.5, 0.6) is 0 Å². The van der Waals surface area contributed by atoms with Crippen LogP contribution in [0.2, 0.25) is 0 Å². The van der Waals surface area contributed by atoms with E-state index in [1.807, 2.05) is 0 Å². The molecular weight excluding hydrogens is 224 g/mol. The summed E-state index contributed by atoms with van der Waals surface area (Å²) in [5.41, 5.74) is 19.5. The van der Waals surface area contributed by atoms with Gasteiger partial charge in [0.1, 0.15) is 0 Å². The molecule has 0 bridgehead atoms. The maximum atomic E-state index is 11.7. The molecule has 0 spiro atoms. The lowest BCUT2D eigenvalue weighted by molar-refractivity contribution is 0.0869. The van der Waals surface area contributed by atoms with Gasteiger partial charge in [0.05, 0.1) is 11.4 Å². The zero-order valence-electron chi connectivity index (χ0n) is 8.92. The third-order valence-electron chi connectivity index (χ3n) is 1.95. The molecule has 92 valence electrons. The summed E-state index contributed by atoms with van der Waals surface area (Å²) in [4.78, 5) is 11.7. The molecular formula is C8H14N8O. The highest BCUT2D eigenvalue weighted by Crippen LogP contribution is 2.15. The summed E-state index contributed by atoms with van der Waals surface area (Å²) in [5.74, 6) is 9.46. The third kappa shape index (κ3) is 2.89. The maximum absolute atomic E-state index is 11.7. The molecule has 0 aliphatic carbocycles. The van der Waals surface area contributed by atoms with Crippen molar-refractivity contribution < 1.29 is 4.79 Å². The number of guanidine groups is 1. The monoisotopic (exact) mass is 238 g/mol. The van der Waals surface area contributed by atoms with Crippen molar-refractivity contribution in [2.75, 3.05) is 11.5 Å². The molecule has 1 aromatic carbocycles. The van der Waals surface area contributed by atoms with Crippen LogP contribution in [-0.4, -0.2) is 17.0 Å². The summed E-state index contributed by atoms with van der Waals surface area (Å²) < 4.78 is 0. The van der Waals surface area contributed by atoms with E-state index >= 15 is 0 Å². The minimum atomic E-state index is -0.522. The molecule has 0 heterocycles. The lowest BCUT2D eigenvalue weighted by Gasteiger charge is -2.17. The van der Waals surface area contributed by atoms with Gasteiger partial charge in [0, 0.05) is 5.56 Å². The van der Waals surface area contributed by atoms with Gasteiger partial charge in [-0.2, -0.15) is 5.12 Å². The van der Waals surface area contributed by atoms with Crippen molar-refractivity contribution in [1.82, 2.24) is 10.5 Å². The second-order valence-electron chi connectivity index (χ2n) is 3.14. The van der Waals surface area contributed by atoms with Crippen molar-refractivity contribution in [2.45, 2.75) is 0 Å². The number of nitrogen functional groups attached to an aromatic ring is 2. The van der Waals surface area contributed by atoms with Gasteiger partial charge in [0.25, 0.3) is 5.91 Å². The van der Waals surface area contributed by atoms with Crippen LogP contribution in [0, 0.1) is 0 Å². The van der Waals surface area contributed by atoms with Crippen molar-refractivity contribution >= 4 is 23.2 Å². The Morgan fingerprint density at radius 2 is 1.94 bits per heavy atom. The number of nitrogens with one attached hydrogen (secondary N) is 1. The Bertz CT molecular complexity index is 457. The highest BCUT2D eigenvalue weighted by Gasteiger charge is 2.11. The van der Waals surface area contributed by atoms with Crippen LogP contribution >= 0.6 is 0 Å². The van der Waals surface area contributed by atoms with Crippen molar-refractivity contribution in [3.05, 3.63) is 23.8 Å². The maximum Gasteiger partial charge on any atom is 0.271 e. The van der Waals surface area contributed by atoms with Gasteiger partial charge >= 0.3 is 0 Å². The van der Waals surface area contributed by atoms with Gasteiger partial charge in [0.15, 0.2) is 0 Å². The first-order chi connectivity index (χ1) is 7.95. The number of hydrogen-bond donors (Lipinski definition) is 6. The van der Waals surface area contributed by atoms with Crippen molar-refractivity contribution in [1.29, 1.82) is 0 Å². The van der Waals surface area contributed by atoms with Crippen LogP contribution in [0.4, 0.5) is 11.4 Å². The number of benzene rings is 1. The van der Waals surface area contributed by atoms with E-state index in [1.165, 1.54) is 18.2 Å². The molecule has 0 unspecified atom stereocenters. The molecule has 0 aliphatic heterocycles. The minimum Gasteiger partial charge on any atom is -0.397 e. The summed E-state index contributed by atoms with van der Waals surface area (Å²) in [6.07, 6.45) is 0. The van der Waals surface area contributed by atoms with E-state index in [-0.39, 0.29) is 11.5 Å². The van der Waals surface area contributed by atoms with E-state index in [0.717, 1.165) is 0 Å². The van der Waals surface area contributed by atoms with Gasteiger partial charge in [0.2, 0.25) is 5.96 Å². The molecule has 11 N–H and O–H groups in total. The molecule has 9 heteroatoms. The van der Waals surface area contributed by atoms with Gasteiger partial charge in [-0.25, -0.2) is 11.3 Å². The topological polar surface area (TPSA) is 175 Å². The average molecular weight is 238 g/mol. The highest BCUT2D eigenvalue weighted by atomic mass is 16.2. The lowest BCUT2D eigenvalue weighted by atomic mass is 10.1. The molecule has 0 aromatic heterocycles. The summed E-state index contributed by atoms with van der Waals surface area (Å²) >= 11 is 0. The first-order valence-corrected chi connectivity index (χ1v) is 4.50. The molecule has 0 radical (unpaired) electrons. The first kappa shape index (κ1) is 12.4. The number of carbonyl (C=O) groups is 1. The number of nitrogens with two attached hydrogens (primary N) is 5. The fourth-order valence-electron chi connectivity index (χ4n) is 1.01. The Morgan fingerprint density at radius 3 is 2.47 bits per heavy atom. The SMILES string of the molecule is N/N=C(\N)N(N)NC(=O)c1ccc(N)c(N)c1. The Kier molecular flexibility index (Phi) is 3.57. The van der Waals surface area contributed by atoms with Crippen molar-refractivity contribution in [2.24, 2.45) is 22.5 Å². The Balaban J connectivity index is 2.80. The van der Waals surface area contributed by atoms with Crippen LogP contribution < -0.4 is 34.3 Å². The Hall–Kier alpha value is -2.68. The molecule has 0 atom stereocenters. The van der Waals surface area contributed by atoms with Gasteiger partial charge in [-0.15, -0.1) is 5.10 Å². The molecule has 0 saturated carbocycles. The highest BCUT2D eigenvalue weighted by molar-refractivity contribution is 5.96. The molecule has 0 fully saturated rings. The number of nitrogens with zero attached hydrogens (tertiary/aromatic N) is 2. The second kappa shape index (κ2) is 4.90. The van der Waals surface area contributed by atoms with Gasteiger partial charge in [-0.3, -0.25) is 4.79 Å². The van der Waals surface area contributed by atoms with Crippen LogP contribution in [-0.2, 0) is 0 Å². The van der Waals surface area contributed by atoms with E-state index in [0.29, 0.717) is 16.5 Å². The first-order valence-electron chi connectivity index (χ1n) is 4.50. The van der Waals surface area contributed by atoms with E-state index < -0.39 is 5.91 Å². The zero-order valence-corrected chi connectivity index (χ0v) is 8.92. The van der Waals surface area contributed by atoms with Crippen LogP contribution in [0.3, 0.4) is 0 Å². The normalized spacial score (nSPS) is 11.0. The number of rotatable bonds is 1. The Morgan fingerprint density at radius 1 is 1.29 bits per heavy atom. The molecule has 0 aliphatic rings. The van der Waals surface area contributed by atoms with Gasteiger partial charge in [-0.05, 0) is 18.2 Å². The number of carbonyl (C=O) groups excluding carboxylic acids is 1.